The Hall–Kier alpha value is -3.53. The van der Waals surface area contributed by atoms with Crippen molar-refractivity contribution < 1.29 is 44.0 Å². The van der Waals surface area contributed by atoms with Gasteiger partial charge in [0.2, 0.25) is 0 Å². The van der Waals surface area contributed by atoms with Crippen LogP contribution in [0.15, 0.2) is 41.5 Å². The van der Waals surface area contributed by atoms with Gasteiger partial charge in [0.15, 0.2) is 5.78 Å². The summed E-state index contributed by atoms with van der Waals surface area (Å²) in [4.78, 5) is 65.4. The molecule has 0 aliphatic heterocycles. The van der Waals surface area contributed by atoms with Gasteiger partial charge in [-0.3, -0.25) is 19.2 Å². The Labute approximate surface area is 332 Å². The number of carboxylic acids is 2. The van der Waals surface area contributed by atoms with Gasteiger partial charge in [0.1, 0.15) is 6.10 Å². The maximum absolute atomic E-state index is 14.2. The Morgan fingerprint density at radius 2 is 1.54 bits per heavy atom. The SMILES string of the molecule is CC(C)C1=C2[C@H]3CC[C@@H]4[C@@]5(C)CC[C@H](OC(=O)CC(C)(C)C(=O)O)C(C)(C)[C@@H]5CC[C@@]4(C)[C@]3(C)CC[C@@]2([C@@H](O)CN(Cc2ccccc2)C(=O)C(=O)O)CC1=O. The number of carbonyl (C=O) groups is 5. The van der Waals surface area contributed by atoms with Crippen molar-refractivity contribution in [3.05, 3.63) is 47.0 Å². The molecular weight excluding hydrogens is 711 g/mol. The van der Waals surface area contributed by atoms with Crippen LogP contribution in [0.3, 0.4) is 0 Å². The summed E-state index contributed by atoms with van der Waals surface area (Å²) < 4.78 is 6.15. The zero-order valence-electron chi connectivity index (χ0n) is 35.1. The molecule has 0 aromatic heterocycles. The fraction of sp³-hybridized carbons (Fsp3) is 0.717. The van der Waals surface area contributed by atoms with E-state index in [0.717, 1.165) is 55.2 Å². The Balaban J connectivity index is 1.30. The molecule has 10 heteroatoms. The highest BCUT2D eigenvalue weighted by molar-refractivity contribution is 6.31. The molecule has 10 nitrogen and oxygen atoms in total. The van der Waals surface area contributed by atoms with Gasteiger partial charge in [-0.25, -0.2) is 4.79 Å². The van der Waals surface area contributed by atoms with E-state index in [0.29, 0.717) is 18.8 Å². The first-order chi connectivity index (χ1) is 26.0. The lowest BCUT2D eigenvalue weighted by Gasteiger charge is -2.72. The largest absolute Gasteiger partial charge is 0.481 e. The van der Waals surface area contributed by atoms with Crippen molar-refractivity contribution in [1.29, 1.82) is 0 Å². The molecule has 0 saturated heterocycles. The fourth-order valence-electron chi connectivity index (χ4n) is 13.5. The number of allylic oxidation sites excluding steroid dienone is 1. The number of amides is 1. The van der Waals surface area contributed by atoms with E-state index in [1.165, 1.54) is 4.90 Å². The summed E-state index contributed by atoms with van der Waals surface area (Å²) in [6.45, 7) is 18.9. The molecule has 0 unspecified atom stereocenters. The molecule has 0 heterocycles. The first-order valence-electron chi connectivity index (χ1n) is 20.9. The minimum atomic E-state index is -1.57. The summed E-state index contributed by atoms with van der Waals surface area (Å²) in [5.74, 6) is -3.40. The number of hydrogen-bond donors (Lipinski definition) is 3. The lowest BCUT2D eigenvalue weighted by atomic mass is 9.33. The topological polar surface area (TPSA) is 159 Å². The van der Waals surface area contributed by atoms with Crippen molar-refractivity contribution in [3.8, 4) is 0 Å². The van der Waals surface area contributed by atoms with Gasteiger partial charge in [-0.05, 0) is 116 Å². The number of carboxylic acid groups (broad SMARTS) is 2. The van der Waals surface area contributed by atoms with E-state index in [9.17, 15) is 39.3 Å². The van der Waals surface area contributed by atoms with Gasteiger partial charge in [-0.15, -0.1) is 0 Å². The summed E-state index contributed by atoms with van der Waals surface area (Å²) in [7, 11) is 0. The van der Waals surface area contributed by atoms with Crippen LogP contribution < -0.4 is 0 Å². The molecule has 1 amide bonds. The number of nitrogens with zero attached hydrogens (tertiary/aromatic N) is 1. The van der Waals surface area contributed by atoms with Crippen molar-refractivity contribution in [2.24, 2.45) is 56.2 Å². The van der Waals surface area contributed by atoms with Crippen LogP contribution in [0, 0.1) is 56.2 Å². The quantitative estimate of drug-likeness (QED) is 0.159. The van der Waals surface area contributed by atoms with Crippen molar-refractivity contribution in [1.82, 2.24) is 4.90 Å². The third kappa shape index (κ3) is 6.54. The molecule has 1 aromatic rings. The molecule has 56 heavy (non-hydrogen) atoms. The molecule has 0 radical (unpaired) electrons. The maximum Gasteiger partial charge on any atom is 0.394 e. The number of ketones is 1. The van der Waals surface area contributed by atoms with Gasteiger partial charge in [-0.1, -0.05) is 84.4 Å². The standard InChI is InChI=1S/C46H65NO9/c1-27(2)36-30(48)23-46(33(49)26-47(38(51)39(52)53)25-28-13-11-10-12-14-28)22-21-44(8)29(37(36)46)15-16-32-43(7)19-18-34(56-35(50)24-41(3,4)40(54)55)42(5,6)31(43)17-20-45(32,44)9/h10-14,27,29,31-34,49H,15-26H2,1-9H3,(H,52,53)(H,54,55)/t29-,31+,32-,33+,34+,43+,44-,45-,46+/m1/s1. The van der Waals surface area contributed by atoms with Crippen LogP contribution in [-0.2, 0) is 35.3 Å². The van der Waals surface area contributed by atoms with E-state index >= 15 is 0 Å². The van der Waals surface area contributed by atoms with E-state index in [1.54, 1.807) is 13.8 Å². The third-order valence-electron chi connectivity index (χ3n) is 16.6. The fourth-order valence-corrected chi connectivity index (χ4v) is 13.5. The lowest BCUT2D eigenvalue weighted by molar-refractivity contribution is -0.235. The van der Waals surface area contributed by atoms with E-state index in [1.807, 2.05) is 30.3 Å². The van der Waals surface area contributed by atoms with Crippen molar-refractivity contribution in [2.75, 3.05) is 6.54 Å². The second-order valence-corrected chi connectivity index (χ2v) is 20.5. The highest BCUT2D eigenvalue weighted by Gasteiger charge is 2.71. The molecule has 0 spiro atoms. The number of aliphatic hydroxyl groups is 1. The summed E-state index contributed by atoms with van der Waals surface area (Å²) in [6, 6.07) is 9.18. The molecule has 9 atom stereocenters. The molecule has 3 N–H and O–H groups in total. The number of carbonyl (C=O) groups excluding carboxylic acids is 3. The number of benzene rings is 1. The number of rotatable bonds is 10. The predicted octanol–water partition coefficient (Wildman–Crippen LogP) is 7.85. The average molecular weight is 776 g/mol. The minimum Gasteiger partial charge on any atom is -0.481 e. The van der Waals surface area contributed by atoms with Gasteiger partial charge in [-0.2, -0.15) is 0 Å². The predicted molar refractivity (Wildman–Crippen MR) is 211 cm³/mol. The second-order valence-electron chi connectivity index (χ2n) is 20.5. The monoisotopic (exact) mass is 775 g/mol. The van der Waals surface area contributed by atoms with Crippen LogP contribution in [0.5, 0.6) is 0 Å². The highest BCUT2D eigenvalue weighted by atomic mass is 16.5. The summed E-state index contributed by atoms with van der Waals surface area (Å²) in [5, 5.41) is 31.8. The molecule has 0 bridgehead atoms. The number of esters is 1. The Morgan fingerprint density at radius 1 is 0.875 bits per heavy atom. The van der Waals surface area contributed by atoms with Crippen LogP contribution in [0.2, 0.25) is 0 Å². The normalized spacial score (nSPS) is 35.4. The Morgan fingerprint density at radius 3 is 2.14 bits per heavy atom. The molecule has 4 fully saturated rings. The van der Waals surface area contributed by atoms with Crippen LogP contribution in [-0.4, -0.2) is 68.6 Å². The van der Waals surface area contributed by atoms with Crippen LogP contribution >= 0.6 is 0 Å². The molecule has 308 valence electrons. The zero-order chi connectivity index (χ0) is 41.4. The number of fused-ring (bicyclic) bond motifs is 7. The van der Waals surface area contributed by atoms with E-state index in [-0.39, 0.29) is 77.2 Å². The molecule has 5 aliphatic carbocycles. The van der Waals surface area contributed by atoms with E-state index in [2.05, 4.69) is 48.5 Å². The van der Waals surface area contributed by atoms with E-state index < -0.39 is 40.7 Å². The number of hydrogen-bond acceptors (Lipinski definition) is 7. The Bertz CT molecular complexity index is 1800. The summed E-state index contributed by atoms with van der Waals surface area (Å²) in [5.41, 5.74) is -0.0425. The van der Waals surface area contributed by atoms with Gasteiger partial charge in [0.05, 0.1) is 17.9 Å². The molecule has 4 saturated carbocycles. The lowest BCUT2D eigenvalue weighted by Crippen LogP contribution is -2.66. The molecule has 6 rings (SSSR count). The highest BCUT2D eigenvalue weighted by Crippen LogP contribution is 2.77. The summed E-state index contributed by atoms with van der Waals surface area (Å²) in [6.07, 6.45) is 5.35. The second kappa shape index (κ2) is 14.4. The minimum absolute atomic E-state index is 0.0301. The van der Waals surface area contributed by atoms with Crippen molar-refractivity contribution >= 4 is 29.6 Å². The number of Topliss-reactive ketones (excluding diaryl/α,β-unsaturated/α-hetero) is 1. The number of aliphatic hydroxyl groups excluding tert-OH is 1. The van der Waals surface area contributed by atoms with Crippen LogP contribution in [0.25, 0.3) is 0 Å². The van der Waals surface area contributed by atoms with Crippen LogP contribution in [0.1, 0.15) is 132 Å². The number of aliphatic carboxylic acids is 2. The third-order valence-corrected chi connectivity index (χ3v) is 16.6. The molecular formula is C46H65NO9. The molecule has 5 aliphatic rings. The van der Waals surface area contributed by atoms with Gasteiger partial charge in [0.25, 0.3) is 0 Å². The summed E-state index contributed by atoms with van der Waals surface area (Å²) >= 11 is 0. The zero-order valence-corrected chi connectivity index (χ0v) is 35.1. The van der Waals surface area contributed by atoms with Gasteiger partial charge >= 0.3 is 23.8 Å². The van der Waals surface area contributed by atoms with Crippen molar-refractivity contribution in [2.45, 2.75) is 145 Å². The number of ether oxygens (including phenoxy) is 1. The first kappa shape index (κ1) is 42.1. The van der Waals surface area contributed by atoms with Crippen LogP contribution in [0.4, 0.5) is 0 Å². The first-order valence-corrected chi connectivity index (χ1v) is 20.9. The van der Waals surface area contributed by atoms with Gasteiger partial charge in [0, 0.05) is 30.3 Å². The van der Waals surface area contributed by atoms with E-state index in [4.69, 9.17) is 4.74 Å². The molecule has 1 aromatic carbocycles. The van der Waals surface area contributed by atoms with Gasteiger partial charge < -0.3 is 25.0 Å². The Kier molecular flexibility index (Phi) is 10.8. The average Bonchev–Trinajstić information content (AvgIpc) is 3.42. The van der Waals surface area contributed by atoms with Crippen molar-refractivity contribution in [3.63, 3.8) is 0 Å². The smallest absolute Gasteiger partial charge is 0.394 e. The maximum atomic E-state index is 14.2.